The van der Waals surface area contributed by atoms with Crippen LogP contribution in [0.25, 0.3) is 0 Å². The van der Waals surface area contributed by atoms with Crippen LogP contribution in [0.1, 0.15) is 6.42 Å². The molecule has 0 aromatic heterocycles. The summed E-state index contributed by atoms with van der Waals surface area (Å²) in [7, 11) is 0. The number of nitrogens with one attached hydrogen (secondary N) is 1. The Hall–Kier alpha value is -0.160. The highest BCUT2D eigenvalue weighted by molar-refractivity contribution is 4.56. The van der Waals surface area contributed by atoms with E-state index in [0.29, 0.717) is 13.1 Å². The Morgan fingerprint density at radius 1 is 1.50 bits per heavy atom. The van der Waals surface area contributed by atoms with E-state index in [2.05, 4.69) is 5.32 Å². The maximum absolute atomic E-state index is 8.81. The average molecular weight is 148 g/mol. The van der Waals surface area contributed by atoms with Gasteiger partial charge in [-0.25, -0.2) is 0 Å². The van der Waals surface area contributed by atoms with Gasteiger partial charge in [0.15, 0.2) is 0 Å². The minimum Gasteiger partial charge on any atom is -0.394 e. The highest BCUT2D eigenvalue weighted by Crippen LogP contribution is 1.76. The lowest BCUT2D eigenvalue weighted by molar-refractivity contribution is 0.0946. The van der Waals surface area contributed by atoms with Gasteiger partial charge in [-0.05, 0) is 19.5 Å². The first-order valence-corrected chi connectivity index (χ1v) is 3.51. The SMILES string of the molecule is NCCCNC[C@H](O)CO. The van der Waals surface area contributed by atoms with Gasteiger partial charge in [-0.2, -0.15) is 0 Å². The molecule has 0 radical (unpaired) electrons. The molecule has 62 valence electrons. The van der Waals surface area contributed by atoms with Crippen molar-refractivity contribution in [3.8, 4) is 0 Å². The summed E-state index contributed by atoms with van der Waals surface area (Å²) < 4.78 is 0. The Labute approximate surface area is 61.0 Å². The van der Waals surface area contributed by atoms with Crippen LogP contribution < -0.4 is 11.1 Å². The normalized spacial score (nSPS) is 13.5. The molecule has 10 heavy (non-hydrogen) atoms. The summed E-state index contributed by atoms with van der Waals surface area (Å²) in [6.07, 6.45) is 0.260. The van der Waals surface area contributed by atoms with E-state index in [1.165, 1.54) is 0 Å². The van der Waals surface area contributed by atoms with E-state index in [1.807, 2.05) is 0 Å². The molecule has 4 heteroatoms. The Balaban J connectivity index is 2.89. The molecule has 0 saturated heterocycles. The summed E-state index contributed by atoms with van der Waals surface area (Å²) in [5.74, 6) is 0. The van der Waals surface area contributed by atoms with Crippen LogP contribution in [0, 0.1) is 0 Å². The van der Waals surface area contributed by atoms with E-state index in [1.54, 1.807) is 0 Å². The molecule has 0 heterocycles. The number of nitrogens with two attached hydrogens (primary N) is 1. The molecular formula is C6H16N2O2. The van der Waals surface area contributed by atoms with Crippen LogP contribution in [0.4, 0.5) is 0 Å². The van der Waals surface area contributed by atoms with Crippen molar-refractivity contribution >= 4 is 0 Å². The molecule has 0 aromatic carbocycles. The highest BCUT2D eigenvalue weighted by atomic mass is 16.3. The molecule has 0 unspecified atom stereocenters. The minimum absolute atomic E-state index is 0.185. The lowest BCUT2D eigenvalue weighted by Crippen LogP contribution is -2.30. The predicted molar refractivity (Wildman–Crippen MR) is 39.6 cm³/mol. The van der Waals surface area contributed by atoms with Gasteiger partial charge in [-0.1, -0.05) is 0 Å². The zero-order chi connectivity index (χ0) is 7.82. The quantitative estimate of drug-likeness (QED) is 0.338. The zero-order valence-corrected chi connectivity index (χ0v) is 6.08. The van der Waals surface area contributed by atoms with Crippen molar-refractivity contribution in [1.29, 1.82) is 0 Å². The zero-order valence-electron chi connectivity index (χ0n) is 6.08. The smallest absolute Gasteiger partial charge is 0.0894 e. The number of hydrogen-bond acceptors (Lipinski definition) is 4. The third-order valence-electron chi connectivity index (χ3n) is 1.15. The molecule has 4 nitrogen and oxygen atoms in total. The van der Waals surface area contributed by atoms with Gasteiger partial charge in [0.2, 0.25) is 0 Å². The van der Waals surface area contributed by atoms with Crippen molar-refractivity contribution in [3.63, 3.8) is 0 Å². The van der Waals surface area contributed by atoms with Crippen LogP contribution in [0.3, 0.4) is 0 Å². The lowest BCUT2D eigenvalue weighted by Gasteiger charge is -2.07. The monoisotopic (exact) mass is 148 g/mol. The number of aliphatic hydroxyl groups is 2. The third kappa shape index (κ3) is 5.97. The average Bonchev–Trinajstić information content (AvgIpc) is 1.98. The fourth-order valence-corrected chi connectivity index (χ4v) is 0.560. The molecule has 0 spiro atoms. The molecule has 0 bridgehead atoms. The van der Waals surface area contributed by atoms with Crippen molar-refractivity contribution in [2.24, 2.45) is 5.73 Å². The summed E-state index contributed by atoms with van der Waals surface area (Å²) >= 11 is 0. The molecule has 1 atom stereocenters. The molecule has 0 amide bonds. The van der Waals surface area contributed by atoms with Gasteiger partial charge in [0.1, 0.15) is 0 Å². The molecular weight excluding hydrogens is 132 g/mol. The second-order valence-electron chi connectivity index (χ2n) is 2.18. The van der Waals surface area contributed by atoms with Crippen LogP contribution in [0.2, 0.25) is 0 Å². The standard InChI is InChI=1S/C6H16N2O2/c7-2-1-3-8-4-6(10)5-9/h6,8-10H,1-5,7H2/t6-/m0/s1. The number of rotatable bonds is 6. The van der Waals surface area contributed by atoms with Crippen LogP contribution in [0.15, 0.2) is 0 Å². The summed E-state index contributed by atoms with van der Waals surface area (Å²) in [6.45, 7) is 1.71. The van der Waals surface area contributed by atoms with E-state index < -0.39 is 6.10 Å². The fourth-order valence-electron chi connectivity index (χ4n) is 0.560. The van der Waals surface area contributed by atoms with E-state index in [-0.39, 0.29) is 6.61 Å². The van der Waals surface area contributed by atoms with E-state index in [9.17, 15) is 0 Å². The minimum atomic E-state index is -0.641. The first-order valence-electron chi connectivity index (χ1n) is 3.51. The van der Waals surface area contributed by atoms with Crippen molar-refractivity contribution in [1.82, 2.24) is 5.32 Å². The van der Waals surface area contributed by atoms with E-state index >= 15 is 0 Å². The molecule has 0 rings (SSSR count). The molecule has 0 aliphatic carbocycles. The van der Waals surface area contributed by atoms with Gasteiger partial charge >= 0.3 is 0 Å². The van der Waals surface area contributed by atoms with Gasteiger partial charge in [0, 0.05) is 6.54 Å². The first kappa shape index (κ1) is 9.84. The maximum Gasteiger partial charge on any atom is 0.0894 e. The summed E-state index contributed by atoms with van der Waals surface area (Å²) in [4.78, 5) is 0. The van der Waals surface area contributed by atoms with Crippen molar-refractivity contribution in [3.05, 3.63) is 0 Å². The predicted octanol–water partition coefficient (Wildman–Crippen LogP) is -1.72. The Kier molecular flexibility index (Phi) is 6.84. The maximum atomic E-state index is 8.81. The van der Waals surface area contributed by atoms with E-state index in [4.69, 9.17) is 15.9 Å². The van der Waals surface area contributed by atoms with Crippen LogP contribution in [0.5, 0.6) is 0 Å². The number of hydrogen-bond donors (Lipinski definition) is 4. The Morgan fingerprint density at radius 2 is 2.20 bits per heavy atom. The van der Waals surface area contributed by atoms with Gasteiger partial charge < -0.3 is 21.3 Å². The molecule has 5 N–H and O–H groups in total. The third-order valence-corrected chi connectivity index (χ3v) is 1.15. The summed E-state index contributed by atoms with van der Waals surface area (Å²) in [5, 5.41) is 20.1. The van der Waals surface area contributed by atoms with Crippen molar-refractivity contribution in [2.75, 3.05) is 26.2 Å². The van der Waals surface area contributed by atoms with Crippen molar-refractivity contribution in [2.45, 2.75) is 12.5 Å². The molecule has 0 saturated carbocycles. The first-order chi connectivity index (χ1) is 4.81. The largest absolute Gasteiger partial charge is 0.394 e. The Bertz CT molecular complexity index is 70.8. The highest BCUT2D eigenvalue weighted by Gasteiger charge is 1.98. The molecule has 0 aromatic rings. The number of aliphatic hydroxyl groups excluding tert-OH is 2. The van der Waals surface area contributed by atoms with Crippen LogP contribution >= 0.6 is 0 Å². The van der Waals surface area contributed by atoms with Crippen molar-refractivity contribution < 1.29 is 10.2 Å². The van der Waals surface area contributed by atoms with Gasteiger partial charge in [-0.3, -0.25) is 0 Å². The summed E-state index contributed by atoms with van der Waals surface area (Å²) in [6, 6.07) is 0. The molecule has 0 aliphatic heterocycles. The van der Waals surface area contributed by atoms with Gasteiger partial charge in [0.25, 0.3) is 0 Å². The molecule has 0 aliphatic rings. The molecule has 0 fully saturated rings. The Morgan fingerprint density at radius 3 is 2.70 bits per heavy atom. The van der Waals surface area contributed by atoms with E-state index in [0.717, 1.165) is 13.0 Å². The lowest BCUT2D eigenvalue weighted by atomic mass is 10.3. The topological polar surface area (TPSA) is 78.5 Å². The van der Waals surface area contributed by atoms with Crippen LogP contribution in [-0.2, 0) is 0 Å². The fraction of sp³-hybridized carbons (Fsp3) is 1.00. The second-order valence-corrected chi connectivity index (χ2v) is 2.18. The second kappa shape index (κ2) is 6.95. The van der Waals surface area contributed by atoms with Gasteiger partial charge in [0.05, 0.1) is 12.7 Å². The van der Waals surface area contributed by atoms with Crippen LogP contribution in [-0.4, -0.2) is 42.6 Å². The summed E-state index contributed by atoms with van der Waals surface area (Å²) in [5.41, 5.74) is 5.23. The van der Waals surface area contributed by atoms with Gasteiger partial charge in [-0.15, -0.1) is 0 Å².